The lowest BCUT2D eigenvalue weighted by Crippen LogP contribution is -2.43. The molecule has 3 aromatic rings. The molecule has 0 unspecified atom stereocenters. The lowest BCUT2D eigenvalue weighted by molar-refractivity contribution is 0.0583. The number of hydrogen-bond donors (Lipinski definition) is 0. The lowest BCUT2D eigenvalue weighted by Gasteiger charge is -2.38. The zero-order valence-corrected chi connectivity index (χ0v) is 19.9. The van der Waals surface area contributed by atoms with E-state index in [-0.39, 0.29) is 17.2 Å². The number of fused-ring (bicyclic) bond motifs is 1. The second kappa shape index (κ2) is 10.2. The number of carbonyl (C=O) groups excluding carboxylic acids is 1. The molecule has 34 heavy (non-hydrogen) atoms. The van der Waals surface area contributed by atoms with Crippen LogP contribution in [0.1, 0.15) is 27.5 Å². The second-order valence-electron chi connectivity index (χ2n) is 7.73. The molecule has 0 N–H and O–H groups in total. The third kappa shape index (κ3) is 4.48. The zero-order chi connectivity index (χ0) is 24.2. The highest BCUT2D eigenvalue weighted by Gasteiger charge is 2.35. The number of nitrogens with zero attached hydrogens (tertiary/aromatic N) is 1. The zero-order valence-electron chi connectivity index (χ0n) is 19.1. The Bertz CT molecular complexity index is 1180. The summed E-state index contributed by atoms with van der Waals surface area (Å²) < 4.78 is 37.1. The van der Waals surface area contributed by atoms with E-state index in [1.807, 2.05) is 24.3 Å². The number of hydrogen-bond acceptors (Lipinski definition) is 5. The SMILES string of the molecule is COc1cc2c(cc1OC)[C@@H](COc1ccccc1OC)N(C(=O)c1c(F)cccc1Cl)CC2. The summed E-state index contributed by atoms with van der Waals surface area (Å²) in [5.41, 5.74) is 1.67. The van der Waals surface area contributed by atoms with Crippen LogP contribution in [-0.4, -0.2) is 45.3 Å². The van der Waals surface area contributed by atoms with Gasteiger partial charge in [0.15, 0.2) is 23.0 Å². The largest absolute Gasteiger partial charge is 0.493 e. The van der Waals surface area contributed by atoms with Crippen molar-refractivity contribution >= 4 is 17.5 Å². The van der Waals surface area contributed by atoms with E-state index >= 15 is 0 Å². The van der Waals surface area contributed by atoms with Crippen LogP contribution in [0.2, 0.25) is 5.02 Å². The molecule has 0 radical (unpaired) electrons. The minimum Gasteiger partial charge on any atom is -0.493 e. The Morgan fingerprint density at radius 1 is 0.971 bits per heavy atom. The first-order valence-corrected chi connectivity index (χ1v) is 11.1. The fraction of sp³-hybridized carbons (Fsp3) is 0.269. The quantitative estimate of drug-likeness (QED) is 0.453. The third-order valence-electron chi connectivity index (χ3n) is 5.91. The maximum atomic E-state index is 14.6. The number of amides is 1. The molecule has 0 spiro atoms. The van der Waals surface area contributed by atoms with Gasteiger partial charge in [0, 0.05) is 6.54 Å². The van der Waals surface area contributed by atoms with Crippen LogP contribution in [0.25, 0.3) is 0 Å². The van der Waals surface area contributed by atoms with Gasteiger partial charge in [-0.15, -0.1) is 0 Å². The van der Waals surface area contributed by atoms with Gasteiger partial charge in [0.25, 0.3) is 5.91 Å². The first-order chi connectivity index (χ1) is 16.5. The molecule has 0 saturated carbocycles. The summed E-state index contributed by atoms with van der Waals surface area (Å²) >= 11 is 6.22. The maximum Gasteiger partial charge on any atom is 0.259 e. The normalized spacial score (nSPS) is 14.9. The van der Waals surface area contributed by atoms with Crippen molar-refractivity contribution in [3.05, 3.63) is 82.1 Å². The Morgan fingerprint density at radius 3 is 2.32 bits per heavy atom. The molecule has 0 aromatic heterocycles. The van der Waals surface area contributed by atoms with Gasteiger partial charge in [0.2, 0.25) is 0 Å². The van der Waals surface area contributed by atoms with E-state index < -0.39 is 17.8 Å². The van der Waals surface area contributed by atoms with E-state index in [0.29, 0.717) is 36.0 Å². The van der Waals surface area contributed by atoms with E-state index in [0.717, 1.165) is 11.1 Å². The monoisotopic (exact) mass is 485 g/mol. The smallest absolute Gasteiger partial charge is 0.259 e. The van der Waals surface area contributed by atoms with E-state index in [9.17, 15) is 9.18 Å². The number of halogens is 2. The second-order valence-corrected chi connectivity index (χ2v) is 8.14. The Morgan fingerprint density at radius 2 is 1.65 bits per heavy atom. The Kier molecular flexibility index (Phi) is 7.12. The average Bonchev–Trinajstić information content (AvgIpc) is 2.86. The Hall–Kier alpha value is -3.45. The fourth-order valence-electron chi connectivity index (χ4n) is 4.20. The van der Waals surface area contributed by atoms with Gasteiger partial charge in [0.05, 0.1) is 38.0 Å². The van der Waals surface area contributed by atoms with E-state index in [1.165, 1.54) is 18.2 Å². The van der Waals surface area contributed by atoms with Crippen molar-refractivity contribution in [3.63, 3.8) is 0 Å². The third-order valence-corrected chi connectivity index (χ3v) is 6.22. The first kappa shape index (κ1) is 23.7. The predicted octanol–water partition coefficient (Wildman–Crippen LogP) is 5.32. The van der Waals surface area contributed by atoms with Crippen LogP contribution in [0, 0.1) is 5.82 Å². The predicted molar refractivity (Wildman–Crippen MR) is 127 cm³/mol. The number of methoxy groups -OCH3 is 3. The van der Waals surface area contributed by atoms with Crippen LogP contribution in [-0.2, 0) is 6.42 Å². The van der Waals surface area contributed by atoms with Gasteiger partial charge in [0.1, 0.15) is 12.4 Å². The van der Waals surface area contributed by atoms with Gasteiger partial charge < -0.3 is 23.8 Å². The standard InChI is InChI=1S/C26H25ClFNO5/c1-31-21-9-4-5-10-22(21)34-15-20-17-14-24(33-3)23(32-2)13-16(17)11-12-29(20)26(30)25-18(27)7-6-8-19(25)28/h4-10,13-14,20H,11-12,15H2,1-3H3/t20-/m1/s1. The number of benzene rings is 3. The van der Waals surface area contributed by atoms with Crippen molar-refractivity contribution in [1.82, 2.24) is 4.90 Å². The molecule has 0 aliphatic carbocycles. The number of rotatable bonds is 7. The summed E-state index contributed by atoms with van der Waals surface area (Å²) in [6.07, 6.45) is 0.554. The van der Waals surface area contributed by atoms with Crippen LogP contribution in [0.5, 0.6) is 23.0 Å². The fourth-order valence-corrected chi connectivity index (χ4v) is 4.45. The molecule has 1 atom stereocenters. The molecular formula is C26H25ClFNO5. The highest BCUT2D eigenvalue weighted by molar-refractivity contribution is 6.33. The summed E-state index contributed by atoms with van der Waals surface area (Å²) in [7, 11) is 4.69. The Balaban J connectivity index is 1.76. The van der Waals surface area contributed by atoms with Gasteiger partial charge in [-0.25, -0.2) is 4.39 Å². The van der Waals surface area contributed by atoms with Gasteiger partial charge in [-0.1, -0.05) is 29.8 Å². The van der Waals surface area contributed by atoms with Gasteiger partial charge >= 0.3 is 0 Å². The van der Waals surface area contributed by atoms with E-state index in [2.05, 4.69) is 0 Å². The molecule has 1 aliphatic heterocycles. The molecule has 0 saturated heterocycles. The van der Waals surface area contributed by atoms with Crippen molar-refractivity contribution in [2.24, 2.45) is 0 Å². The van der Waals surface area contributed by atoms with Crippen molar-refractivity contribution in [2.45, 2.75) is 12.5 Å². The minimum absolute atomic E-state index is 0.0625. The molecule has 1 aliphatic rings. The minimum atomic E-state index is -0.667. The average molecular weight is 486 g/mol. The van der Waals surface area contributed by atoms with Gasteiger partial charge in [-0.3, -0.25) is 4.79 Å². The van der Waals surface area contributed by atoms with E-state index in [1.54, 1.807) is 38.4 Å². The molecular weight excluding hydrogens is 461 g/mol. The van der Waals surface area contributed by atoms with Crippen LogP contribution in [0.15, 0.2) is 54.6 Å². The molecule has 0 bridgehead atoms. The summed E-state index contributed by atoms with van der Waals surface area (Å²) in [5.74, 6) is 1.07. The van der Waals surface area contributed by atoms with Gasteiger partial charge in [-0.2, -0.15) is 0 Å². The van der Waals surface area contributed by atoms with Gasteiger partial charge in [-0.05, 0) is 53.9 Å². The summed E-state index contributed by atoms with van der Waals surface area (Å²) in [5, 5.41) is 0.0625. The number of para-hydroxylation sites is 2. The van der Waals surface area contributed by atoms with Crippen LogP contribution in [0.4, 0.5) is 4.39 Å². The van der Waals surface area contributed by atoms with Crippen LogP contribution >= 0.6 is 11.6 Å². The summed E-state index contributed by atoms with van der Waals surface area (Å²) in [6.45, 7) is 0.465. The van der Waals surface area contributed by atoms with Crippen molar-refractivity contribution in [2.75, 3.05) is 34.5 Å². The molecule has 8 heteroatoms. The van der Waals surface area contributed by atoms with Crippen molar-refractivity contribution in [3.8, 4) is 23.0 Å². The Labute approximate surface area is 202 Å². The molecule has 3 aromatic carbocycles. The van der Waals surface area contributed by atoms with Crippen LogP contribution < -0.4 is 18.9 Å². The highest BCUT2D eigenvalue weighted by Crippen LogP contribution is 2.40. The molecule has 178 valence electrons. The molecule has 6 nitrogen and oxygen atoms in total. The lowest BCUT2D eigenvalue weighted by atomic mass is 9.91. The number of carbonyl (C=O) groups is 1. The molecule has 4 rings (SSSR count). The highest BCUT2D eigenvalue weighted by atomic mass is 35.5. The summed E-state index contributed by atoms with van der Waals surface area (Å²) in [4.78, 5) is 15.1. The van der Waals surface area contributed by atoms with E-state index in [4.69, 9.17) is 30.5 Å². The first-order valence-electron chi connectivity index (χ1n) is 10.7. The molecule has 1 amide bonds. The van der Waals surface area contributed by atoms with Crippen molar-refractivity contribution in [1.29, 1.82) is 0 Å². The summed E-state index contributed by atoms with van der Waals surface area (Å²) in [6, 6.07) is 14.7. The molecule has 0 fully saturated rings. The van der Waals surface area contributed by atoms with Crippen molar-refractivity contribution < 1.29 is 28.1 Å². The topological polar surface area (TPSA) is 57.2 Å². The number of ether oxygens (including phenoxy) is 4. The van der Waals surface area contributed by atoms with Crippen LogP contribution in [0.3, 0.4) is 0 Å². The molecule has 1 heterocycles. The maximum absolute atomic E-state index is 14.6.